The fourth-order valence-corrected chi connectivity index (χ4v) is 6.73. The highest BCUT2D eigenvalue weighted by molar-refractivity contribution is 9.10. The molecule has 0 aliphatic carbocycles. The third kappa shape index (κ3) is 9.18. The fourth-order valence-electron chi connectivity index (χ4n) is 4.85. The fraction of sp³-hybridized carbons (Fsp3) is 0.257. The Bertz CT molecular complexity index is 1710. The number of amides is 2. The SMILES string of the molecule is COc1cccc(N(CC(=O)N(Cc2cccc(Br)c2)[C@@H](Cc2ccccc2)C(=O)NC(C)(C)C)S(=O)(=O)c2ccccc2)c1. The smallest absolute Gasteiger partial charge is 0.264 e. The number of nitrogens with one attached hydrogen (secondary N) is 1. The number of carbonyl (C=O) groups excluding carboxylic acids is 2. The van der Waals surface area contributed by atoms with E-state index in [4.69, 9.17) is 4.74 Å². The van der Waals surface area contributed by atoms with Gasteiger partial charge in [0.25, 0.3) is 10.0 Å². The molecular formula is C35H38BrN3O5S. The van der Waals surface area contributed by atoms with E-state index >= 15 is 0 Å². The molecule has 4 rings (SSSR count). The number of ether oxygens (including phenoxy) is 1. The number of nitrogens with zero attached hydrogens (tertiary/aromatic N) is 2. The van der Waals surface area contributed by atoms with E-state index in [1.165, 1.54) is 24.1 Å². The molecule has 236 valence electrons. The van der Waals surface area contributed by atoms with Gasteiger partial charge in [0.2, 0.25) is 11.8 Å². The largest absolute Gasteiger partial charge is 0.497 e. The van der Waals surface area contributed by atoms with E-state index in [-0.39, 0.29) is 29.5 Å². The number of hydrogen-bond donors (Lipinski definition) is 1. The summed E-state index contributed by atoms with van der Waals surface area (Å²) in [6, 6.07) is 30.5. The number of carbonyl (C=O) groups is 2. The van der Waals surface area contributed by atoms with Gasteiger partial charge >= 0.3 is 0 Å². The number of hydrogen-bond acceptors (Lipinski definition) is 5. The van der Waals surface area contributed by atoms with Crippen molar-refractivity contribution < 1.29 is 22.7 Å². The lowest BCUT2D eigenvalue weighted by Gasteiger charge is -2.35. The lowest BCUT2D eigenvalue weighted by Crippen LogP contribution is -2.56. The molecule has 0 aliphatic heterocycles. The highest BCUT2D eigenvalue weighted by Gasteiger charge is 2.35. The average molecular weight is 693 g/mol. The van der Waals surface area contributed by atoms with Crippen LogP contribution in [-0.4, -0.2) is 50.4 Å². The number of anilines is 1. The molecule has 1 atom stereocenters. The van der Waals surface area contributed by atoms with Crippen molar-refractivity contribution in [3.05, 3.63) is 125 Å². The van der Waals surface area contributed by atoms with Gasteiger partial charge in [0.1, 0.15) is 18.3 Å². The van der Waals surface area contributed by atoms with Gasteiger partial charge in [-0.25, -0.2) is 8.42 Å². The van der Waals surface area contributed by atoms with Crippen LogP contribution in [0, 0.1) is 0 Å². The Labute approximate surface area is 274 Å². The Morgan fingerprint density at radius 3 is 2.09 bits per heavy atom. The molecule has 0 heterocycles. The summed E-state index contributed by atoms with van der Waals surface area (Å²) in [6.07, 6.45) is 0.229. The maximum atomic E-state index is 14.5. The van der Waals surface area contributed by atoms with Crippen LogP contribution in [0.5, 0.6) is 5.75 Å². The molecular weight excluding hydrogens is 654 g/mol. The Balaban J connectivity index is 1.83. The predicted molar refractivity (Wildman–Crippen MR) is 180 cm³/mol. The van der Waals surface area contributed by atoms with Crippen molar-refractivity contribution in [2.45, 2.75) is 50.2 Å². The molecule has 0 saturated carbocycles. The lowest BCUT2D eigenvalue weighted by atomic mass is 10.0. The first-order chi connectivity index (χ1) is 21.4. The summed E-state index contributed by atoms with van der Waals surface area (Å²) in [5, 5.41) is 3.04. The normalized spacial score (nSPS) is 12.2. The van der Waals surface area contributed by atoms with Crippen molar-refractivity contribution >= 4 is 43.5 Å². The van der Waals surface area contributed by atoms with Crippen LogP contribution in [0.3, 0.4) is 0 Å². The van der Waals surface area contributed by atoms with Gasteiger partial charge in [-0.15, -0.1) is 0 Å². The molecule has 0 aliphatic rings. The third-order valence-electron chi connectivity index (χ3n) is 6.96. The minimum absolute atomic E-state index is 0.0328. The summed E-state index contributed by atoms with van der Waals surface area (Å²) < 4.78 is 35.5. The minimum Gasteiger partial charge on any atom is -0.497 e. The Morgan fingerprint density at radius 2 is 1.47 bits per heavy atom. The maximum Gasteiger partial charge on any atom is 0.264 e. The zero-order valence-electron chi connectivity index (χ0n) is 25.8. The van der Waals surface area contributed by atoms with Crippen LogP contribution in [0.25, 0.3) is 0 Å². The molecule has 0 spiro atoms. The molecule has 4 aromatic rings. The Hall–Kier alpha value is -4.15. The van der Waals surface area contributed by atoms with Crippen LogP contribution in [0.15, 0.2) is 119 Å². The molecule has 0 saturated heterocycles. The second kappa shape index (κ2) is 14.8. The highest BCUT2D eigenvalue weighted by atomic mass is 79.9. The molecule has 0 radical (unpaired) electrons. The summed E-state index contributed by atoms with van der Waals surface area (Å²) in [5.41, 5.74) is 1.32. The standard InChI is InChI=1S/C35H38BrN3O5S/c1-35(2,3)37-34(41)32(22-26-13-7-5-8-14-26)38(24-27-15-11-16-28(36)21-27)33(40)25-39(29-17-12-18-30(23-29)44-4)45(42,43)31-19-9-6-10-20-31/h5-21,23,32H,22,24-25H2,1-4H3,(H,37,41)/t32-/m0/s1. The quantitative estimate of drug-likeness (QED) is 0.191. The molecule has 0 fully saturated rings. The Kier molecular flexibility index (Phi) is 11.1. The van der Waals surface area contributed by atoms with Crippen LogP contribution < -0.4 is 14.4 Å². The van der Waals surface area contributed by atoms with Gasteiger partial charge in [-0.3, -0.25) is 13.9 Å². The van der Waals surface area contributed by atoms with Crippen LogP contribution in [0.4, 0.5) is 5.69 Å². The number of benzene rings is 4. The van der Waals surface area contributed by atoms with Gasteiger partial charge in [0.15, 0.2) is 0 Å². The summed E-state index contributed by atoms with van der Waals surface area (Å²) in [6.45, 7) is 5.16. The number of halogens is 1. The lowest BCUT2D eigenvalue weighted by molar-refractivity contribution is -0.140. The second-order valence-corrected chi connectivity index (χ2v) is 14.4. The van der Waals surface area contributed by atoms with Crippen LogP contribution in [-0.2, 0) is 32.6 Å². The van der Waals surface area contributed by atoms with Crippen molar-refractivity contribution in [3.63, 3.8) is 0 Å². The minimum atomic E-state index is -4.20. The number of sulfonamides is 1. The van der Waals surface area contributed by atoms with Crippen LogP contribution in [0.1, 0.15) is 31.9 Å². The molecule has 0 bridgehead atoms. The van der Waals surface area contributed by atoms with Gasteiger partial charge in [-0.1, -0.05) is 82.7 Å². The molecule has 0 unspecified atom stereocenters. The van der Waals surface area contributed by atoms with Gasteiger partial charge in [-0.2, -0.15) is 0 Å². The van der Waals surface area contributed by atoms with E-state index in [1.807, 2.05) is 75.4 Å². The van der Waals surface area contributed by atoms with Crippen LogP contribution >= 0.6 is 15.9 Å². The molecule has 8 nitrogen and oxygen atoms in total. The third-order valence-corrected chi connectivity index (χ3v) is 9.24. The van der Waals surface area contributed by atoms with Crippen molar-refractivity contribution in [2.75, 3.05) is 18.0 Å². The second-order valence-electron chi connectivity index (χ2n) is 11.6. The van der Waals surface area contributed by atoms with E-state index in [9.17, 15) is 18.0 Å². The van der Waals surface area contributed by atoms with E-state index in [2.05, 4.69) is 21.2 Å². The van der Waals surface area contributed by atoms with Gasteiger partial charge < -0.3 is 15.0 Å². The topological polar surface area (TPSA) is 96.0 Å². The zero-order valence-corrected chi connectivity index (χ0v) is 28.2. The van der Waals surface area contributed by atoms with E-state index in [0.29, 0.717) is 5.75 Å². The summed E-state index contributed by atoms with van der Waals surface area (Å²) in [7, 11) is -2.71. The molecule has 45 heavy (non-hydrogen) atoms. The van der Waals surface area contributed by atoms with Crippen LogP contribution in [0.2, 0.25) is 0 Å². The Morgan fingerprint density at radius 1 is 0.844 bits per heavy atom. The first-order valence-electron chi connectivity index (χ1n) is 14.5. The maximum absolute atomic E-state index is 14.5. The zero-order chi connectivity index (χ0) is 32.6. The van der Waals surface area contributed by atoms with Gasteiger partial charge in [-0.05, 0) is 68.3 Å². The predicted octanol–water partition coefficient (Wildman–Crippen LogP) is 6.21. The summed E-state index contributed by atoms with van der Waals surface area (Å²) >= 11 is 3.50. The van der Waals surface area contributed by atoms with E-state index in [1.54, 1.807) is 42.5 Å². The average Bonchev–Trinajstić information content (AvgIpc) is 3.01. The molecule has 1 N–H and O–H groups in total. The van der Waals surface area contributed by atoms with Crippen molar-refractivity contribution in [3.8, 4) is 5.75 Å². The number of methoxy groups -OCH3 is 1. The number of rotatable bonds is 12. The van der Waals surface area contributed by atoms with E-state index < -0.39 is 34.1 Å². The van der Waals surface area contributed by atoms with Gasteiger partial charge in [0.05, 0.1) is 17.7 Å². The first kappa shape index (κ1) is 33.7. The molecule has 0 aromatic heterocycles. The summed E-state index contributed by atoms with van der Waals surface area (Å²) in [5.74, 6) is -0.443. The molecule has 10 heteroatoms. The van der Waals surface area contributed by atoms with Crippen molar-refractivity contribution in [1.82, 2.24) is 10.2 Å². The molecule has 2 amide bonds. The van der Waals surface area contributed by atoms with E-state index in [0.717, 1.165) is 19.9 Å². The first-order valence-corrected chi connectivity index (χ1v) is 16.7. The van der Waals surface area contributed by atoms with Gasteiger partial charge in [0, 0.05) is 29.0 Å². The monoisotopic (exact) mass is 691 g/mol. The highest BCUT2D eigenvalue weighted by Crippen LogP contribution is 2.28. The molecule has 4 aromatic carbocycles. The van der Waals surface area contributed by atoms with Crippen molar-refractivity contribution in [1.29, 1.82) is 0 Å². The summed E-state index contributed by atoms with van der Waals surface area (Å²) in [4.78, 5) is 30.0. The van der Waals surface area contributed by atoms with Crippen molar-refractivity contribution in [2.24, 2.45) is 0 Å².